The van der Waals surface area contributed by atoms with E-state index in [1.54, 1.807) is 12.1 Å². The Balaban J connectivity index is 1.13. The van der Waals surface area contributed by atoms with Gasteiger partial charge in [0.25, 0.3) is 5.91 Å². The first kappa shape index (κ1) is 25.7. The van der Waals surface area contributed by atoms with Gasteiger partial charge in [-0.25, -0.2) is 19.9 Å². The number of rotatable bonds is 5. The first-order valence-corrected chi connectivity index (χ1v) is 14.3. The van der Waals surface area contributed by atoms with Gasteiger partial charge in [0.2, 0.25) is 0 Å². The van der Waals surface area contributed by atoms with Crippen LogP contribution in [0.25, 0.3) is 33.0 Å². The van der Waals surface area contributed by atoms with Gasteiger partial charge < -0.3 is 20.2 Å². The first-order valence-electron chi connectivity index (χ1n) is 13.5. The van der Waals surface area contributed by atoms with Gasteiger partial charge in [0.15, 0.2) is 0 Å². The number of fused-ring (bicyclic) bond motifs is 3. The lowest BCUT2D eigenvalue weighted by atomic mass is 9.96. The number of halogens is 2. The van der Waals surface area contributed by atoms with E-state index < -0.39 is 0 Å². The Bertz CT molecular complexity index is 1900. The summed E-state index contributed by atoms with van der Waals surface area (Å²) in [7, 11) is 0. The molecule has 0 radical (unpaired) electrons. The third-order valence-electron chi connectivity index (χ3n) is 7.68. The Kier molecular flexibility index (Phi) is 6.48. The Morgan fingerprint density at radius 2 is 1.85 bits per heavy atom. The number of benzene rings is 3. The molecule has 0 spiro atoms. The lowest BCUT2D eigenvalue weighted by Gasteiger charge is -2.32. The van der Waals surface area contributed by atoms with Crippen molar-refractivity contribution < 1.29 is 4.79 Å². The number of aromatic nitrogens is 6. The zero-order chi connectivity index (χ0) is 28.1. The lowest BCUT2D eigenvalue weighted by molar-refractivity contribution is 0.0705. The molecule has 1 aliphatic rings. The van der Waals surface area contributed by atoms with E-state index in [2.05, 4.69) is 30.2 Å². The van der Waals surface area contributed by atoms with Gasteiger partial charge in [-0.2, -0.15) is 0 Å². The van der Waals surface area contributed by atoms with Crippen LogP contribution in [-0.4, -0.2) is 53.8 Å². The monoisotopic (exact) mass is 584 g/mol. The van der Waals surface area contributed by atoms with Gasteiger partial charge in [0.1, 0.15) is 23.8 Å². The Hall–Kier alpha value is -4.21. The fourth-order valence-electron chi connectivity index (χ4n) is 5.55. The summed E-state index contributed by atoms with van der Waals surface area (Å²) in [6.45, 7) is 3.23. The van der Waals surface area contributed by atoms with Gasteiger partial charge in [-0.1, -0.05) is 35.3 Å². The maximum atomic E-state index is 13.7. The molecule has 0 saturated carbocycles. The molecule has 1 amide bonds. The second-order valence-corrected chi connectivity index (χ2v) is 11.3. The minimum Gasteiger partial charge on any atom is -0.360 e. The van der Waals surface area contributed by atoms with Crippen LogP contribution in [0.2, 0.25) is 10.0 Å². The molecule has 3 aromatic heterocycles. The Morgan fingerprint density at radius 1 is 1.00 bits per heavy atom. The summed E-state index contributed by atoms with van der Waals surface area (Å²) in [5.74, 6) is 2.28. The molecule has 7 rings (SSSR count). The van der Waals surface area contributed by atoms with E-state index in [1.807, 2.05) is 54.3 Å². The van der Waals surface area contributed by atoms with Crippen molar-refractivity contribution in [3.63, 3.8) is 0 Å². The van der Waals surface area contributed by atoms with Crippen LogP contribution >= 0.6 is 23.2 Å². The van der Waals surface area contributed by atoms with E-state index in [-0.39, 0.29) is 17.9 Å². The van der Waals surface area contributed by atoms with E-state index in [0.717, 1.165) is 51.9 Å². The fraction of sp³-hybridized carbons (Fsp3) is 0.233. The average Bonchev–Trinajstić information content (AvgIpc) is 3.61. The maximum Gasteiger partial charge on any atom is 0.255 e. The van der Waals surface area contributed by atoms with Gasteiger partial charge in [0.05, 0.1) is 44.2 Å². The van der Waals surface area contributed by atoms with Crippen LogP contribution in [0.3, 0.4) is 0 Å². The van der Waals surface area contributed by atoms with Crippen LogP contribution in [0, 0.1) is 0 Å². The number of H-pyrrole nitrogens is 2. The smallest absolute Gasteiger partial charge is 0.255 e. The quantitative estimate of drug-likeness (QED) is 0.203. The highest BCUT2D eigenvalue weighted by Crippen LogP contribution is 2.32. The number of carbonyl (C=O) groups is 1. The van der Waals surface area contributed by atoms with Crippen LogP contribution in [0.4, 0.5) is 5.82 Å². The molecule has 2 unspecified atom stereocenters. The molecular weight excluding hydrogens is 559 g/mol. The average molecular weight is 585 g/mol. The fourth-order valence-corrected chi connectivity index (χ4v) is 5.96. The summed E-state index contributed by atoms with van der Waals surface area (Å²) < 4.78 is 0. The van der Waals surface area contributed by atoms with Gasteiger partial charge in [-0.15, -0.1) is 0 Å². The lowest BCUT2D eigenvalue weighted by Crippen LogP contribution is -2.39. The number of amides is 1. The van der Waals surface area contributed by atoms with Crippen LogP contribution in [0.15, 0.2) is 60.9 Å². The Morgan fingerprint density at radius 3 is 2.73 bits per heavy atom. The molecule has 2 atom stereocenters. The molecule has 3 aromatic carbocycles. The predicted molar refractivity (Wildman–Crippen MR) is 162 cm³/mol. The number of hydrogen-bond donors (Lipinski definition) is 3. The molecule has 0 bridgehead atoms. The SMILES string of the molecule is CC(Nc1ncnc2cc(C(=O)N3CCCC(c4nc5ccccc5[nH]4)C3)c(Cl)cc12)c1nc2cc(Cl)ccc2[nH]1. The minimum absolute atomic E-state index is 0.111. The summed E-state index contributed by atoms with van der Waals surface area (Å²) in [4.78, 5) is 40.7. The molecule has 9 nitrogen and oxygen atoms in total. The van der Waals surface area contributed by atoms with Gasteiger partial charge in [-0.3, -0.25) is 4.79 Å². The number of carbonyl (C=O) groups excluding carboxylic acids is 1. The van der Waals surface area contributed by atoms with E-state index >= 15 is 0 Å². The van der Waals surface area contributed by atoms with E-state index in [4.69, 9.17) is 28.2 Å². The van der Waals surface area contributed by atoms with Crippen LogP contribution < -0.4 is 5.32 Å². The summed E-state index contributed by atoms with van der Waals surface area (Å²) >= 11 is 12.9. The van der Waals surface area contributed by atoms with Crippen molar-refractivity contribution in [2.24, 2.45) is 0 Å². The number of aromatic amines is 2. The van der Waals surface area contributed by atoms with Gasteiger partial charge in [0, 0.05) is 29.4 Å². The van der Waals surface area contributed by atoms with Gasteiger partial charge >= 0.3 is 0 Å². The molecule has 4 heterocycles. The standard InChI is InChI=1S/C30H26Cl2N8O/c1-16(27-36-24-9-8-18(31)11-26(24)39-27)35-29-20-12-21(32)19(13-25(20)33-15-34-29)30(41)40-10-4-5-17(14-40)28-37-22-6-2-3-7-23(22)38-28/h2-3,6-9,11-13,15-17H,4-5,10,14H2,1H3,(H,36,39)(H,37,38)(H,33,34,35). The molecule has 206 valence electrons. The summed E-state index contributed by atoms with van der Waals surface area (Å²) in [5, 5.41) is 5.12. The molecule has 41 heavy (non-hydrogen) atoms. The molecule has 6 aromatic rings. The number of nitrogens with zero attached hydrogens (tertiary/aromatic N) is 5. The number of imidazole rings is 2. The number of nitrogens with one attached hydrogen (secondary N) is 3. The topological polar surface area (TPSA) is 115 Å². The minimum atomic E-state index is -0.192. The summed E-state index contributed by atoms with van der Waals surface area (Å²) in [6, 6.07) is 16.9. The molecule has 11 heteroatoms. The number of hydrogen-bond acceptors (Lipinski definition) is 6. The van der Waals surface area contributed by atoms with Gasteiger partial charge in [-0.05, 0) is 62.2 Å². The molecular formula is C30H26Cl2N8O. The number of likely N-dealkylation sites (tertiary alicyclic amines) is 1. The molecule has 3 N–H and O–H groups in total. The third-order valence-corrected chi connectivity index (χ3v) is 8.23. The van der Waals surface area contributed by atoms with Crippen LogP contribution in [-0.2, 0) is 0 Å². The molecule has 1 saturated heterocycles. The van der Waals surface area contributed by atoms with Crippen molar-refractivity contribution in [1.82, 2.24) is 34.8 Å². The van der Waals surface area contributed by atoms with E-state index in [1.165, 1.54) is 6.33 Å². The second kappa shape index (κ2) is 10.3. The van der Waals surface area contributed by atoms with Crippen molar-refractivity contribution in [1.29, 1.82) is 0 Å². The molecule has 1 aliphatic heterocycles. The first-order chi connectivity index (χ1) is 19.9. The normalized spacial score (nSPS) is 16.5. The number of anilines is 1. The zero-order valence-corrected chi connectivity index (χ0v) is 23.7. The zero-order valence-electron chi connectivity index (χ0n) is 22.2. The number of para-hydroxylation sites is 2. The highest BCUT2D eigenvalue weighted by molar-refractivity contribution is 6.35. The van der Waals surface area contributed by atoms with E-state index in [9.17, 15) is 4.79 Å². The summed E-state index contributed by atoms with van der Waals surface area (Å²) in [5.41, 5.74) is 4.69. The van der Waals surface area contributed by atoms with Crippen molar-refractivity contribution >= 4 is 67.9 Å². The molecule has 1 fully saturated rings. The van der Waals surface area contributed by atoms with Crippen LogP contribution in [0.1, 0.15) is 53.7 Å². The van der Waals surface area contributed by atoms with Crippen molar-refractivity contribution in [2.45, 2.75) is 31.7 Å². The highest BCUT2D eigenvalue weighted by Gasteiger charge is 2.29. The predicted octanol–water partition coefficient (Wildman–Crippen LogP) is 6.88. The van der Waals surface area contributed by atoms with E-state index in [0.29, 0.717) is 40.0 Å². The van der Waals surface area contributed by atoms with Crippen molar-refractivity contribution in [2.75, 3.05) is 18.4 Å². The molecule has 0 aliphatic carbocycles. The Labute approximate surface area is 245 Å². The highest BCUT2D eigenvalue weighted by atomic mass is 35.5. The largest absolute Gasteiger partial charge is 0.360 e. The summed E-state index contributed by atoms with van der Waals surface area (Å²) in [6.07, 6.45) is 3.34. The van der Waals surface area contributed by atoms with Crippen molar-refractivity contribution in [3.05, 3.63) is 88.2 Å². The maximum absolute atomic E-state index is 13.7. The third kappa shape index (κ3) is 4.85. The van der Waals surface area contributed by atoms with Crippen LogP contribution in [0.5, 0.6) is 0 Å². The number of piperidine rings is 1. The second-order valence-electron chi connectivity index (χ2n) is 10.5. The van der Waals surface area contributed by atoms with Crippen molar-refractivity contribution in [3.8, 4) is 0 Å².